The Balaban J connectivity index is 1.89. The molecule has 0 saturated carbocycles. The highest BCUT2D eigenvalue weighted by molar-refractivity contribution is 5.33. The second-order valence-corrected chi connectivity index (χ2v) is 5.55. The van der Waals surface area contributed by atoms with E-state index in [2.05, 4.69) is 32.1 Å². The van der Waals surface area contributed by atoms with Gasteiger partial charge in [0.05, 0.1) is 6.61 Å². The normalized spacial score (nSPS) is 17.4. The number of ether oxygens (including phenoxy) is 1. The van der Waals surface area contributed by atoms with Crippen LogP contribution >= 0.6 is 0 Å². The Morgan fingerprint density at radius 1 is 1.24 bits per heavy atom. The van der Waals surface area contributed by atoms with Crippen molar-refractivity contribution in [2.24, 2.45) is 0 Å². The van der Waals surface area contributed by atoms with Gasteiger partial charge in [-0.25, -0.2) is 0 Å². The summed E-state index contributed by atoms with van der Waals surface area (Å²) >= 11 is 0. The number of nitrogens with two attached hydrogens (primary N) is 1. The average molecular weight is 294 g/mol. The van der Waals surface area contributed by atoms with E-state index in [-0.39, 0.29) is 18.0 Å². The Labute approximate surface area is 126 Å². The molecule has 2 heterocycles. The first kappa shape index (κ1) is 15.8. The molecule has 1 aromatic heterocycles. The average Bonchev–Trinajstić information content (AvgIpc) is 2.45. The summed E-state index contributed by atoms with van der Waals surface area (Å²) in [5.74, 6) is 0.668. The van der Waals surface area contributed by atoms with Crippen molar-refractivity contribution in [1.29, 1.82) is 0 Å². The van der Waals surface area contributed by atoms with E-state index in [1.165, 1.54) is 32.4 Å². The zero-order valence-corrected chi connectivity index (χ0v) is 13.0. The van der Waals surface area contributed by atoms with Crippen molar-refractivity contribution in [3.8, 4) is 6.01 Å². The van der Waals surface area contributed by atoms with Crippen molar-refractivity contribution in [1.82, 2.24) is 19.9 Å². The van der Waals surface area contributed by atoms with Crippen molar-refractivity contribution >= 4 is 11.9 Å². The van der Waals surface area contributed by atoms with E-state index >= 15 is 0 Å². The second-order valence-electron chi connectivity index (χ2n) is 5.55. The number of hydrogen-bond acceptors (Lipinski definition) is 7. The maximum Gasteiger partial charge on any atom is 0.323 e. The molecule has 1 aliphatic rings. The van der Waals surface area contributed by atoms with E-state index in [4.69, 9.17) is 10.5 Å². The molecular formula is C14H26N6O. The molecule has 0 spiro atoms. The molecule has 0 aliphatic carbocycles. The number of aromatic nitrogens is 3. The van der Waals surface area contributed by atoms with Gasteiger partial charge in [0.1, 0.15) is 0 Å². The molecule has 0 amide bonds. The molecule has 1 fully saturated rings. The minimum Gasteiger partial charge on any atom is -0.463 e. The van der Waals surface area contributed by atoms with Crippen molar-refractivity contribution in [2.45, 2.75) is 45.6 Å². The van der Waals surface area contributed by atoms with Crippen molar-refractivity contribution in [3.05, 3.63) is 0 Å². The summed E-state index contributed by atoms with van der Waals surface area (Å²) < 4.78 is 5.42. The molecule has 21 heavy (non-hydrogen) atoms. The Morgan fingerprint density at radius 3 is 2.71 bits per heavy atom. The van der Waals surface area contributed by atoms with Crippen LogP contribution in [0.1, 0.15) is 39.5 Å². The zero-order chi connectivity index (χ0) is 15.1. The van der Waals surface area contributed by atoms with Gasteiger partial charge in [0, 0.05) is 12.6 Å². The lowest BCUT2D eigenvalue weighted by atomic mass is 10.1. The fourth-order valence-electron chi connectivity index (χ4n) is 2.49. The Kier molecular flexibility index (Phi) is 5.98. The monoisotopic (exact) mass is 294 g/mol. The molecule has 7 heteroatoms. The van der Waals surface area contributed by atoms with Gasteiger partial charge in [0.25, 0.3) is 0 Å². The van der Waals surface area contributed by atoms with Crippen LogP contribution in [0.5, 0.6) is 6.01 Å². The van der Waals surface area contributed by atoms with E-state index in [1.54, 1.807) is 0 Å². The molecule has 0 bridgehead atoms. The van der Waals surface area contributed by atoms with Crippen LogP contribution in [0.25, 0.3) is 0 Å². The van der Waals surface area contributed by atoms with Crippen LogP contribution in [-0.2, 0) is 0 Å². The van der Waals surface area contributed by atoms with Crippen molar-refractivity contribution < 1.29 is 4.74 Å². The summed E-state index contributed by atoms with van der Waals surface area (Å²) in [5, 5.41) is 3.28. The molecule has 0 radical (unpaired) electrons. The summed E-state index contributed by atoms with van der Waals surface area (Å²) in [6.45, 7) is 8.07. The van der Waals surface area contributed by atoms with Gasteiger partial charge in [-0.3, -0.25) is 0 Å². The highest BCUT2D eigenvalue weighted by atomic mass is 16.5. The summed E-state index contributed by atoms with van der Waals surface area (Å²) in [5.41, 5.74) is 5.70. The molecule has 1 unspecified atom stereocenters. The molecule has 0 aromatic carbocycles. The number of nitrogen functional groups attached to an aromatic ring is 1. The lowest BCUT2D eigenvalue weighted by molar-refractivity contribution is 0.223. The topological polar surface area (TPSA) is 89.2 Å². The summed E-state index contributed by atoms with van der Waals surface area (Å²) in [6, 6.07) is 0.543. The van der Waals surface area contributed by atoms with E-state index < -0.39 is 0 Å². The minimum atomic E-state index is 0.184. The fourth-order valence-corrected chi connectivity index (χ4v) is 2.49. The van der Waals surface area contributed by atoms with Crippen LogP contribution in [0.3, 0.4) is 0 Å². The Bertz CT molecular complexity index is 435. The maximum atomic E-state index is 5.70. The van der Waals surface area contributed by atoms with E-state index in [0.29, 0.717) is 12.6 Å². The zero-order valence-electron chi connectivity index (χ0n) is 13.0. The first-order valence-corrected chi connectivity index (χ1v) is 7.80. The number of piperidine rings is 1. The fraction of sp³-hybridized carbons (Fsp3) is 0.786. The molecule has 1 aliphatic heterocycles. The number of anilines is 2. The highest BCUT2D eigenvalue weighted by Crippen LogP contribution is 2.12. The number of rotatable bonds is 7. The van der Waals surface area contributed by atoms with Crippen LogP contribution in [-0.4, -0.2) is 52.1 Å². The summed E-state index contributed by atoms with van der Waals surface area (Å²) in [7, 11) is 0. The molecule has 3 N–H and O–H groups in total. The number of likely N-dealkylation sites (tertiary alicyclic amines) is 1. The number of nitrogens with one attached hydrogen (secondary N) is 1. The van der Waals surface area contributed by atoms with Crippen LogP contribution in [0, 0.1) is 0 Å². The Hall–Kier alpha value is -1.63. The molecule has 118 valence electrons. The molecule has 1 aromatic rings. The third-order valence-electron chi connectivity index (χ3n) is 3.42. The molecule has 1 atom stereocenters. The molecule has 1 saturated heterocycles. The second kappa shape index (κ2) is 7.97. The molecule has 7 nitrogen and oxygen atoms in total. The first-order chi connectivity index (χ1) is 10.2. The quantitative estimate of drug-likeness (QED) is 0.788. The predicted octanol–water partition coefficient (Wildman–Crippen LogP) is 1.53. The van der Waals surface area contributed by atoms with Gasteiger partial charge in [0.15, 0.2) is 0 Å². The van der Waals surface area contributed by atoms with Crippen molar-refractivity contribution in [2.75, 3.05) is 37.3 Å². The summed E-state index contributed by atoms with van der Waals surface area (Å²) in [4.78, 5) is 14.8. The van der Waals surface area contributed by atoms with Gasteiger partial charge in [-0.1, -0.05) is 13.3 Å². The van der Waals surface area contributed by atoms with Gasteiger partial charge in [0.2, 0.25) is 11.9 Å². The van der Waals surface area contributed by atoms with Crippen LogP contribution in [0.4, 0.5) is 11.9 Å². The number of nitrogens with zero attached hydrogens (tertiary/aromatic N) is 4. The third-order valence-corrected chi connectivity index (χ3v) is 3.42. The van der Waals surface area contributed by atoms with E-state index in [1.807, 2.05) is 6.92 Å². The van der Waals surface area contributed by atoms with Crippen molar-refractivity contribution in [3.63, 3.8) is 0 Å². The van der Waals surface area contributed by atoms with Gasteiger partial charge < -0.3 is 20.7 Å². The van der Waals surface area contributed by atoms with E-state index in [0.717, 1.165) is 13.0 Å². The highest BCUT2D eigenvalue weighted by Gasteiger charge is 2.14. The molecular weight excluding hydrogens is 268 g/mol. The largest absolute Gasteiger partial charge is 0.463 e. The third kappa shape index (κ3) is 5.34. The lowest BCUT2D eigenvalue weighted by Gasteiger charge is -2.29. The van der Waals surface area contributed by atoms with Crippen LogP contribution in [0.2, 0.25) is 0 Å². The maximum absolute atomic E-state index is 5.70. The number of hydrogen-bond donors (Lipinski definition) is 2. The predicted molar refractivity (Wildman–Crippen MR) is 83.4 cm³/mol. The van der Waals surface area contributed by atoms with Gasteiger partial charge in [-0.15, -0.1) is 0 Å². The minimum absolute atomic E-state index is 0.184. The Morgan fingerprint density at radius 2 is 2.00 bits per heavy atom. The van der Waals surface area contributed by atoms with Gasteiger partial charge in [-0.2, -0.15) is 15.0 Å². The van der Waals surface area contributed by atoms with Crippen LogP contribution in [0.15, 0.2) is 0 Å². The molecule has 2 rings (SSSR count). The summed E-state index contributed by atoms with van der Waals surface area (Å²) in [6.07, 6.45) is 4.83. The first-order valence-electron chi connectivity index (χ1n) is 7.80. The standard InChI is InChI=1S/C14H26N6O/c1-3-9-21-14-18-12(15)17-13(19-14)16-11(2)10-20-7-5-4-6-8-20/h11H,3-10H2,1-2H3,(H3,15,16,17,18,19). The lowest BCUT2D eigenvalue weighted by Crippen LogP contribution is -2.38. The van der Waals surface area contributed by atoms with E-state index in [9.17, 15) is 0 Å². The SMILES string of the molecule is CCCOc1nc(N)nc(NC(C)CN2CCCCC2)n1. The smallest absolute Gasteiger partial charge is 0.323 e. The van der Waals surface area contributed by atoms with Crippen LogP contribution < -0.4 is 15.8 Å². The van der Waals surface area contributed by atoms with Gasteiger partial charge >= 0.3 is 6.01 Å². The van der Waals surface area contributed by atoms with Gasteiger partial charge in [-0.05, 0) is 39.3 Å².